The van der Waals surface area contributed by atoms with Gasteiger partial charge in [-0.25, -0.2) is 0 Å². The number of hydrogen-bond acceptors (Lipinski definition) is 2. The molecule has 0 aromatic rings. The molecule has 1 atom stereocenters. The molecule has 11 heavy (non-hydrogen) atoms. The molecule has 1 aliphatic carbocycles. The Bertz CT molecular complexity index is 143. The van der Waals surface area contributed by atoms with Crippen LogP contribution < -0.4 is 11.5 Å². The Kier molecular flexibility index (Phi) is 5.38. The van der Waals surface area contributed by atoms with Crippen LogP contribution in [0.5, 0.6) is 0 Å². The van der Waals surface area contributed by atoms with E-state index in [4.69, 9.17) is 11.5 Å². The van der Waals surface area contributed by atoms with E-state index in [1.54, 1.807) is 0 Å². The molecule has 1 saturated carbocycles. The molecule has 0 heterocycles. The first-order chi connectivity index (χ1) is 4.52. The summed E-state index contributed by atoms with van der Waals surface area (Å²) in [5, 5.41) is 0. The van der Waals surface area contributed by atoms with Crippen molar-refractivity contribution < 1.29 is 21.1 Å². The van der Waals surface area contributed by atoms with Crippen LogP contribution in [-0.4, -0.2) is 13.5 Å². The van der Waals surface area contributed by atoms with Gasteiger partial charge in [0, 0.05) is 27.6 Å². The summed E-state index contributed by atoms with van der Waals surface area (Å²) in [5.74, 6) is 0. The Morgan fingerprint density at radius 3 is 2.00 bits per heavy atom. The summed E-state index contributed by atoms with van der Waals surface area (Å²) in [6.07, 6.45) is 3.50. The maximum atomic E-state index is 6.10. The largest absolute Gasteiger partial charge is 0.329 e. The van der Waals surface area contributed by atoms with Crippen LogP contribution in [-0.2, 0) is 21.1 Å². The minimum absolute atomic E-state index is 0. The predicted molar refractivity (Wildman–Crippen MR) is 60.6 cm³/mol. The number of rotatable bonds is 1. The molecule has 0 aromatic carbocycles. The molecule has 0 aromatic heterocycles. The average molecular weight is 561 g/mol. The summed E-state index contributed by atoms with van der Waals surface area (Å²) in [6, 6.07) is 0. The van der Waals surface area contributed by atoms with Crippen LogP contribution in [0.2, 0.25) is 0 Å². The van der Waals surface area contributed by atoms with Crippen molar-refractivity contribution in [2.24, 2.45) is 11.5 Å². The van der Waals surface area contributed by atoms with Crippen molar-refractivity contribution >= 4 is 45.2 Å². The minimum atomic E-state index is -0.117. The Balaban J connectivity index is 0.000001000. The number of alkyl halides is 2. The summed E-state index contributed by atoms with van der Waals surface area (Å²) in [4.78, 5) is 0. The monoisotopic (exact) mass is 561 g/mol. The van der Waals surface area contributed by atoms with Gasteiger partial charge in [0.05, 0.1) is 6.97 Å². The van der Waals surface area contributed by atoms with Gasteiger partial charge in [-0.05, 0) is 19.3 Å². The molecule has 1 aliphatic rings. The molecule has 0 saturated heterocycles. The smallest absolute Gasteiger partial charge is 0.0925 e. The van der Waals surface area contributed by atoms with Gasteiger partial charge in [0.1, 0.15) is 0 Å². The first-order valence-electron chi connectivity index (χ1n) is 3.39. The summed E-state index contributed by atoms with van der Waals surface area (Å²) >= 11 is 4.85. The van der Waals surface area contributed by atoms with E-state index in [1.165, 1.54) is 12.8 Å². The normalized spacial score (nSPS) is 34.9. The first-order valence-corrected chi connectivity index (χ1v) is 5.54. The second-order valence-corrected chi connectivity index (χ2v) is 8.67. The maximum absolute atomic E-state index is 6.10. The van der Waals surface area contributed by atoms with Gasteiger partial charge in [0.15, 0.2) is 0 Å². The number of nitrogens with two attached hydrogens (primary N) is 2. The molecule has 4 N–H and O–H groups in total. The standard InChI is InChI=1S/C6H12I2N2.Pt/c7-6(8)3-1-2-5(6,10)4-9;/h1-4,9-10H2;. The zero-order chi connectivity index (χ0) is 7.83. The SMILES string of the molecule is NCC1(N)CCCC1(I)I.[Pt]. The van der Waals surface area contributed by atoms with Crippen LogP contribution >= 0.6 is 45.2 Å². The van der Waals surface area contributed by atoms with Gasteiger partial charge in [-0.3, -0.25) is 0 Å². The topological polar surface area (TPSA) is 52.0 Å². The maximum Gasteiger partial charge on any atom is 0.0925 e. The van der Waals surface area contributed by atoms with E-state index in [0.717, 1.165) is 6.42 Å². The molecule has 0 aliphatic heterocycles. The van der Waals surface area contributed by atoms with Crippen LogP contribution in [0.3, 0.4) is 0 Å². The van der Waals surface area contributed by atoms with Gasteiger partial charge in [-0.1, -0.05) is 45.2 Å². The molecular formula is C6H12I2N2Pt. The summed E-state index contributed by atoms with van der Waals surface area (Å²) in [5.41, 5.74) is 11.6. The molecule has 0 spiro atoms. The quantitative estimate of drug-likeness (QED) is 0.376. The van der Waals surface area contributed by atoms with Crippen molar-refractivity contribution in [3.8, 4) is 0 Å². The third-order valence-corrected chi connectivity index (χ3v) is 5.43. The molecule has 1 unspecified atom stereocenters. The molecule has 0 amide bonds. The second-order valence-electron chi connectivity index (χ2n) is 2.92. The molecule has 70 valence electrons. The van der Waals surface area contributed by atoms with E-state index >= 15 is 0 Å². The molecule has 0 radical (unpaired) electrons. The Morgan fingerprint density at radius 2 is 1.82 bits per heavy atom. The fourth-order valence-electron chi connectivity index (χ4n) is 1.31. The van der Waals surface area contributed by atoms with Crippen molar-refractivity contribution in [1.82, 2.24) is 0 Å². The van der Waals surface area contributed by atoms with Crippen LogP contribution in [0.15, 0.2) is 0 Å². The Morgan fingerprint density at radius 1 is 1.27 bits per heavy atom. The third-order valence-electron chi connectivity index (χ3n) is 2.21. The van der Waals surface area contributed by atoms with Gasteiger partial charge >= 0.3 is 0 Å². The molecule has 0 bridgehead atoms. The fraction of sp³-hybridized carbons (Fsp3) is 1.00. The van der Waals surface area contributed by atoms with Crippen molar-refractivity contribution in [3.05, 3.63) is 0 Å². The van der Waals surface area contributed by atoms with Crippen LogP contribution in [0, 0.1) is 0 Å². The van der Waals surface area contributed by atoms with Gasteiger partial charge < -0.3 is 11.5 Å². The summed E-state index contributed by atoms with van der Waals surface area (Å²) in [6.45, 7) is 0.610. The zero-order valence-corrected chi connectivity index (χ0v) is 12.6. The molecule has 1 rings (SSSR count). The van der Waals surface area contributed by atoms with Crippen LogP contribution in [0.1, 0.15) is 19.3 Å². The minimum Gasteiger partial charge on any atom is -0.329 e. The Labute approximate surface area is 109 Å². The van der Waals surface area contributed by atoms with E-state index in [2.05, 4.69) is 45.2 Å². The first kappa shape index (κ1) is 13.1. The third kappa shape index (κ3) is 2.51. The predicted octanol–water partition coefficient (Wildman–Crippen LogP) is 1.39. The van der Waals surface area contributed by atoms with E-state index in [9.17, 15) is 0 Å². The van der Waals surface area contributed by atoms with E-state index < -0.39 is 0 Å². The van der Waals surface area contributed by atoms with Gasteiger partial charge in [0.25, 0.3) is 0 Å². The summed E-state index contributed by atoms with van der Waals surface area (Å²) in [7, 11) is 0. The average Bonchev–Trinajstić information content (AvgIpc) is 2.10. The Hall–Kier alpha value is 2.07. The van der Waals surface area contributed by atoms with Crippen molar-refractivity contribution in [3.63, 3.8) is 0 Å². The van der Waals surface area contributed by atoms with Crippen molar-refractivity contribution in [2.45, 2.75) is 26.2 Å². The molecule has 1 fully saturated rings. The van der Waals surface area contributed by atoms with Gasteiger partial charge in [-0.15, -0.1) is 0 Å². The van der Waals surface area contributed by atoms with Crippen molar-refractivity contribution in [1.29, 1.82) is 0 Å². The van der Waals surface area contributed by atoms with E-state index in [0.29, 0.717) is 6.54 Å². The second kappa shape index (κ2) is 4.53. The number of halogens is 2. The van der Waals surface area contributed by atoms with Crippen molar-refractivity contribution in [2.75, 3.05) is 6.54 Å². The zero-order valence-electron chi connectivity index (χ0n) is 6.06. The van der Waals surface area contributed by atoms with E-state index in [1.807, 2.05) is 0 Å². The van der Waals surface area contributed by atoms with Gasteiger partial charge in [0.2, 0.25) is 0 Å². The number of hydrogen-bond donors (Lipinski definition) is 2. The molecule has 5 heteroatoms. The summed E-state index contributed by atoms with van der Waals surface area (Å²) < 4.78 is 0.192. The van der Waals surface area contributed by atoms with E-state index in [-0.39, 0.29) is 28.0 Å². The fourth-order valence-corrected chi connectivity index (χ4v) is 3.05. The van der Waals surface area contributed by atoms with Gasteiger partial charge in [-0.2, -0.15) is 0 Å². The van der Waals surface area contributed by atoms with Crippen LogP contribution in [0.4, 0.5) is 0 Å². The van der Waals surface area contributed by atoms with Crippen LogP contribution in [0.25, 0.3) is 0 Å². The molecule has 2 nitrogen and oxygen atoms in total. The molecular weight excluding hydrogens is 549 g/mol.